The summed E-state index contributed by atoms with van der Waals surface area (Å²) in [5.74, 6) is 0.557. The van der Waals surface area contributed by atoms with Gasteiger partial charge in [0.05, 0.1) is 12.7 Å². The first kappa shape index (κ1) is 14.2. The average molecular weight is 236 g/mol. The average Bonchev–Trinajstić information content (AvgIpc) is 2.30. The van der Waals surface area contributed by atoms with Crippen LogP contribution in [-0.4, -0.2) is 24.4 Å². The second-order valence-corrected chi connectivity index (χ2v) is 4.83. The molecule has 1 aromatic carbocycles. The molecule has 0 saturated carbocycles. The molecule has 17 heavy (non-hydrogen) atoms. The van der Waals surface area contributed by atoms with Crippen LogP contribution in [-0.2, 0) is 11.2 Å². The SMILES string of the molecule is CCCOCC(O)Cc1ccc(C(C)C)cc1. The van der Waals surface area contributed by atoms with Crippen LogP contribution in [0.15, 0.2) is 24.3 Å². The van der Waals surface area contributed by atoms with E-state index in [4.69, 9.17) is 4.74 Å². The molecule has 0 amide bonds. The van der Waals surface area contributed by atoms with Crippen LogP contribution in [0.4, 0.5) is 0 Å². The molecule has 0 spiro atoms. The molecule has 0 saturated heterocycles. The Kier molecular flexibility index (Phi) is 6.23. The smallest absolute Gasteiger partial charge is 0.0813 e. The highest BCUT2D eigenvalue weighted by molar-refractivity contribution is 5.25. The Morgan fingerprint density at radius 2 is 1.82 bits per heavy atom. The number of aliphatic hydroxyl groups is 1. The standard InChI is InChI=1S/C15H24O2/c1-4-9-17-11-15(16)10-13-5-7-14(8-6-13)12(2)3/h5-8,12,15-16H,4,9-11H2,1-3H3. The zero-order valence-electron chi connectivity index (χ0n) is 11.1. The van der Waals surface area contributed by atoms with Crippen LogP contribution < -0.4 is 0 Å². The van der Waals surface area contributed by atoms with Crippen LogP contribution in [0.5, 0.6) is 0 Å². The lowest BCUT2D eigenvalue weighted by atomic mass is 10.00. The molecular weight excluding hydrogens is 212 g/mol. The number of ether oxygens (including phenoxy) is 1. The largest absolute Gasteiger partial charge is 0.390 e. The van der Waals surface area contributed by atoms with Crippen molar-refractivity contribution < 1.29 is 9.84 Å². The molecule has 1 atom stereocenters. The van der Waals surface area contributed by atoms with Gasteiger partial charge in [0.15, 0.2) is 0 Å². The monoisotopic (exact) mass is 236 g/mol. The fourth-order valence-electron chi connectivity index (χ4n) is 1.73. The van der Waals surface area contributed by atoms with Crippen molar-refractivity contribution in [3.05, 3.63) is 35.4 Å². The second-order valence-electron chi connectivity index (χ2n) is 4.83. The summed E-state index contributed by atoms with van der Waals surface area (Å²) < 4.78 is 5.33. The summed E-state index contributed by atoms with van der Waals surface area (Å²) in [6, 6.07) is 8.47. The van der Waals surface area contributed by atoms with Gasteiger partial charge in [-0.3, -0.25) is 0 Å². The van der Waals surface area contributed by atoms with Crippen LogP contribution in [0, 0.1) is 0 Å². The van der Waals surface area contributed by atoms with Gasteiger partial charge in [0, 0.05) is 13.0 Å². The molecule has 96 valence electrons. The van der Waals surface area contributed by atoms with Gasteiger partial charge in [0.2, 0.25) is 0 Å². The molecule has 0 radical (unpaired) electrons. The van der Waals surface area contributed by atoms with Gasteiger partial charge < -0.3 is 9.84 Å². The molecule has 2 nitrogen and oxygen atoms in total. The van der Waals surface area contributed by atoms with Crippen molar-refractivity contribution in [2.45, 2.75) is 45.6 Å². The van der Waals surface area contributed by atoms with Crippen LogP contribution in [0.1, 0.15) is 44.2 Å². The molecule has 0 aliphatic heterocycles. The van der Waals surface area contributed by atoms with E-state index in [-0.39, 0.29) is 0 Å². The molecule has 1 aromatic rings. The van der Waals surface area contributed by atoms with Crippen LogP contribution >= 0.6 is 0 Å². The highest BCUT2D eigenvalue weighted by Crippen LogP contribution is 2.15. The summed E-state index contributed by atoms with van der Waals surface area (Å²) in [6.45, 7) is 7.59. The molecule has 1 unspecified atom stereocenters. The highest BCUT2D eigenvalue weighted by Gasteiger charge is 2.06. The summed E-state index contributed by atoms with van der Waals surface area (Å²) in [5, 5.41) is 9.78. The number of hydrogen-bond acceptors (Lipinski definition) is 2. The molecular formula is C15H24O2. The van der Waals surface area contributed by atoms with Crippen molar-refractivity contribution in [3.63, 3.8) is 0 Å². The molecule has 1 rings (SSSR count). The van der Waals surface area contributed by atoms with Gasteiger partial charge in [-0.15, -0.1) is 0 Å². The number of hydrogen-bond donors (Lipinski definition) is 1. The molecule has 0 aromatic heterocycles. The maximum atomic E-state index is 9.78. The minimum atomic E-state index is -0.397. The van der Waals surface area contributed by atoms with Crippen LogP contribution in [0.25, 0.3) is 0 Å². The molecule has 1 N–H and O–H groups in total. The van der Waals surface area contributed by atoms with Crippen LogP contribution in [0.3, 0.4) is 0 Å². The Labute approximate surface area is 105 Å². The highest BCUT2D eigenvalue weighted by atomic mass is 16.5. The van der Waals surface area contributed by atoms with E-state index in [1.807, 2.05) is 0 Å². The minimum Gasteiger partial charge on any atom is -0.390 e. The van der Waals surface area contributed by atoms with Gasteiger partial charge in [0.25, 0.3) is 0 Å². The quantitative estimate of drug-likeness (QED) is 0.737. The lowest BCUT2D eigenvalue weighted by molar-refractivity contribution is 0.0374. The summed E-state index contributed by atoms with van der Waals surface area (Å²) >= 11 is 0. The van der Waals surface area contributed by atoms with E-state index in [9.17, 15) is 5.11 Å². The van der Waals surface area contributed by atoms with E-state index in [0.29, 0.717) is 18.9 Å². The summed E-state index contributed by atoms with van der Waals surface area (Å²) in [4.78, 5) is 0. The topological polar surface area (TPSA) is 29.5 Å². The first-order valence-corrected chi connectivity index (χ1v) is 6.48. The second kappa shape index (κ2) is 7.46. The molecule has 2 heteroatoms. The number of rotatable bonds is 7. The predicted molar refractivity (Wildman–Crippen MR) is 71.4 cm³/mol. The molecule has 0 fully saturated rings. The molecule has 0 bridgehead atoms. The fourth-order valence-corrected chi connectivity index (χ4v) is 1.73. The Bertz CT molecular complexity index is 303. The van der Waals surface area contributed by atoms with E-state index < -0.39 is 6.10 Å². The number of aliphatic hydroxyl groups excluding tert-OH is 1. The zero-order valence-corrected chi connectivity index (χ0v) is 11.1. The summed E-state index contributed by atoms with van der Waals surface area (Å²) in [6.07, 6.45) is 1.27. The van der Waals surface area contributed by atoms with Crippen molar-refractivity contribution in [2.24, 2.45) is 0 Å². The molecule has 0 aliphatic rings. The van der Waals surface area contributed by atoms with E-state index >= 15 is 0 Å². The first-order valence-electron chi connectivity index (χ1n) is 6.48. The number of benzene rings is 1. The van der Waals surface area contributed by atoms with Gasteiger partial charge in [-0.05, 0) is 23.5 Å². The van der Waals surface area contributed by atoms with Crippen molar-refractivity contribution in [3.8, 4) is 0 Å². The van der Waals surface area contributed by atoms with Crippen molar-refractivity contribution in [2.75, 3.05) is 13.2 Å². The van der Waals surface area contributed by atoms with Gasteiger partial charge >= 0.3 is 0 Å². The maximum absolute atomic E-state index is 9.78. The normalized spacial score (nSPS) is 13.0. The molecule has 0 heterocycles. The van der Waals surface area contributed by atoms with Gasteiger partial charge in [-0.25, -0.2) is 0 Å². The predicted octanol–water partition coefficient (Wildman–Crippen LogP) is 3.14. The third-order valence-electron chi connectivity index (χ3n) is 2.78. The van der Waals surface area contributed by atoms with Crippen molar-refractivity contribution in [1.29, 1.82) is 0 Å². The van der Waals surface area contributed by atoms with Gasteiger partial charge in [-0.1, -0.05) is 45.0 Å². The fraction of sp³-hybridized carbons (Fsp3) is 0.600. The lowest BCUT2D eigenvalue weighted by Gasteiger charge is -2.12. The van der Waals surface area contributed by atoms with E-state index in [0.717, 1.165) is 13.0 Å². The van der Waals surface area contributed by atoms with Gasteiger partial charge in [0.1, 0.15) is 0 Å². The Morgan fingerprint density at radius 1 is 1.18 bits per heavy atom. The third-order valence-corrected chi connectivity index (χ3v) is 2.78. The Morgan fingerprint density at radius 3 is 2.35 bits per heavy atom. The van der Waals surface area contributed by atoms with E-state index in [1.54, 1.807) is 0 Å². The van der Waals surface area contributed by atoms with E-state index in [2.05, 4.69) is 45.0 Å². The lowest BCUT2D eigenvalue weighted by Crippen LogP contribution is -2.18. The Balaban J connectivity index is 2.40. The summed E-state index contributed by atoms with van der Waals surface area (Å²) in [5.41, 5.74) is 2.51. The maximum Gasteiger partial charge on any atom is 0.0813 e. The molecule has 0 aliphatic carbocycles. The Hall–Kier alpha value is -0.860. The van der Waals surface area contributed by atoms with E-state index in [1.165, 1.54) is 11.1 Å². The van der Waals surface area contributed by atoms with Crippen molar-refractivity contribution in [1.82, 2.24) is 0 Å². The first-order chi connectivity index (χ1) is 8.13. The third kappa shape index (κ3) is 5.33. The van der Waals surface area contributed by atoms with Gasteiger partial charge in [-0.2, -0.15) is 0 Å². The minimum absolute atomic E-state index is 0.397. The van der Waals surface area contributed by atoms with Crippen molar-refractivity contribution >= 4 is 0 Å². The zero-order chi connectivity index (χ0) is 12.7. The van der Waals surface area contributed by atoms with Crippen LogP contribution in [0.2, 0.25) is 0 Å². The summed E-state index contributed by atoms with van der Waals surface area (Å²) in [7, 11) is 0.